The molecule has 0 radical (unpaired) electrons. The summed E-state index contributed by atoms with van der Waals surface area (Å²) < 4.78 is 5.48. The second kappa shape index (κ2) is 11.9. The number of methoxy groups -OCH3 is 1. The number of nitrogens with zero attached hydrogens (tertiary/aromatic N) is 3. The van der Waals surface area contributed by atoms with Crippen molar-refractivity contribution in [2.24, 2.45) is 16.6 Å². The van der Waals surface area contributed by atoms with E-state index < -0.39 is 6.10 Å². The molecule has 2 unspecified atom stereocenters. The lowest BCUT2D eigenvalue weighted by Crippen LogP contribution is -2.49. The number of ether oxygens (including phenoxy) is 1. The second-order valence-corrected chi connectivity index (χ2v) is 8.57. The first-order chi connectivity index (χ1) is 15.5. The standard InChI is InChI=1S/C24H37N5O3/c1-26-16-19-15-18(7-8-21(19)25)24(31)27-10-9-20(30)17-28-11-13-29(14-12-28)22-5-3-4-6-23(22)32-2/h3-6,16,18,20,30H,7-15,17,25H2,1-2H3,(H,27,31). The molecular formula is C24H37N5O3. The van der Waals surface area contributed by atoms with Crippen LogP contribution in [0.4, 0.5) is 5.69 Å². The number of allylic oxidation sites excluding steroid dienone is 2. The Morgan fingerprint density at radius 3 is 2.81 bits per heavy atom. The van der Waals surface area contributed by atoms with E-state index in [2.05, 4.69) is 26.2 Å². The summed E-state index contributed by atoms with van der Waals surface area (Å²) in [5.41, 5.74) is 8.94. The maximum absolute atomic E-state index is 12.5. The smallest absolute Gasteiger partial charge is 0.223 e. The first-order valence-corrected chi connectivity index (χ1v) is 11.5. The number of carbonyl (C=O) groups excluding carboxylic acids is 1. The number of hydrogen-bond donors (Lipinski definition) is 3. The fourth-order valence-electron chi connectivity index (χ4n) is 4.46. The van der Waals surface area contributed by atoms with E-state index in [4.69, 9.17) is 10.5 Å². The SMILES string of the molecule is CN=CC1=C(N)CCC(C(=O)NCCC(O)CN2CCN(c3ccccc3OC)CC2)C1. The molecule has 0 bridgehead atoms. The van der Waals surface area contributed by atoms with Crippen molar-refractivity contribution in [1.82, 2.24) is 10.2 Å². The lowest BCUT2D eigenvalue weighted by Gasteiger charge is -2.37. The van der Waals surface area contributed by atoms with Crippen LogP contribution in [0.5, 0.6) is 5.75 Å². The molecule has 8 heteroatoms. The van der Waals surface area contributed by atoms with Gasteiger partial charge in [0, 0.05) is 64.1 Å². The van der Waals surface area contributed by atoms with Gasteiger partial charge in [0.2, 0.25) is 5.91 Å². The Bertz CT molecular complexity index is 818. The van der Waals surface area contributed by atoms with E-state index >= 15 is 0 Å². The molecular weight excluding hydrogens is 406 g/mol. The molecule has 1 aromatic carbocycles. The summed E-state index contributed by atoms with van der Waals surface area (Å²) in [5.74, 6) is 0.856. The number of nitrogens with one attached hydrogen (secondary N) is 1. The minimum absolute atomic E-state index is 0.0390. The first-order valence-electron chi connectivity index (χ1n) is 11.5. The third-order valence-electron chi connectivity index (χ3n) is 6.34. The van der Waals surface area contributed by atoms with E-state index in [9.17, 15) is 9.90 Å². The van der Waals surface area contributed by atoms with Gasteiger partial charge in [-0.25, -0.2) is 0 Å². The average Bonchev–Trinajstić information content (AvgIpc) is 2.81. The molecule has 1 aromatic rings. The molecule has 1 heterocycles. The van der Waals surface area contributed by atoms with Crippen molar-refractivity contribution in [1.29, 1.82) is 0 Å². The number of rotatable bonds is 9. The molecule has 1 saturated heterocycles. The van der Waals surface area contributed by atoms with Gasteiger partial charge in [-0.1, -0.05) is 12.1 Å². The fraction of sp³-hybridized carbons (Fsp3) is 0.583. The topological polar surface area (TPSA) is 103 Å². The number of amides is 1. The molecule has 3 rings (SSSR count). The monoisotopic (exact) mass is 443 g/mol. The molecule has 0 saturated carbocycles. The molecule has 32 heavy (non-hydrogen) atoms. The number of aliphatic hydroxyl groups excluding tert-OH is 1. The normalized spacial score (nSPS) is 21.1. The highest BCUT2D eigenvalue weighted by Crippen LogP contribution is 2.28. The Morgan fingerprint density at radius 1 is 1.34 bits per heavy atom. The summed E-state index contributed by atoms with van der Waals surface area (Å²) in [6.45, 7) is 4.67. The molecule has 0 spiro atoms. The van der Waals surface area contributed by atoms with Crippen LogP contribution < -0.4 is 20.7 Å². The molecule has 1 aliphatic heterocycles. The van der Waals surface area contributed by atoms with Crippen molar-refractivity contribution in [3.05, 3.63) is 35.5 Å². The van der Waals surface area contributed by atoms with E-state index in [-0.39, 0.29) is 11.8 Å². The van der Waals surface area contributed by atoms with Crippen LogP contribution >= 0.6 is 0 Å². The summed E-state index contributed by atoms with van der Waals surface area (Å²) in [7, 11) is 3.41. The zero-order chi connectivity index (χ0) is 22.9. The summed E-state index contributed by atoms with van der Waals surface area (Å²) >= 11 is 0. The van der Waals surface area contributed by atoms with Gasteiger partial charge in [-0.3, -0.25) is 14.7 Å². The van der Waals surface area contributed by atoms with Crippen LogP contribution in [-0.4, -0.2) is 81.7 Å². The Hall–Kier alpha value is -2.58. The number of benzene rings is 1. The van der Waals surface area contributed by atoms with Crippen LogP contribution in [0, 0.1) is 5.92 Å². The van der Waals surface area contributed by atoms with Gasteiger partial charge in [-0.05, 0) is 43.4 Å². The number of anilines is 1. The maximum Gasteiger partial charge on any atom is 0.223 e. The fourth-order valence-corrected chi connectivity index (χ4v) is 4.46. The van der Waals surface area contributed by atoms with Crippen molar-refractivity contribution in [2.75, 3.05) is 58.3 Å². The van der Waals surface area contributed by atoms with E-state index in [1.165, 1.54) is 0 Å². The van der Waals surface area contributed by atoms with Crippen molar-refractivity contribution in [3.63, 3.8) is 0 Å². The Morgan fingerprint density at radius 2 is 2.09 bits per heavy atom. The van der Waals surface area contributed by atoms with Gasteiger partial charge in [0.05, 0.1) is 18.9 Å². The predicted molar refractivity (Wildman–Crippen MR) is 128 cm³/mol. The number of aliphatic hydroxyl groups is 1. The van der Waals surface area contributed by atoms with Crippen LogP contribution in [0.25, 0.3) is 0 Å². The number of carbonyl (C=O) groups is 1. The molecule has 1 amide bonds. The van der Waals surface area contributed by atoms with Gasteiger partial charge >= 0.3 is 0 Å². The molecule has 1 aliphatic carbocycles. The molecule has 176 valence electrons. The zero-order valence-electron chi connectivity index (χ0n) is 19.3. The van der Waals surface area contributed by atoms with Gasteiger partial charge in [-0.2, -0.15) is 0 Å². The van der Waals surface area contributed by atoms with Crippen LogP contribution in [0.15, 0.2) is 40.5 Å². The Labute approximate surface area is 191 Å². The average molecular weight is 444 g/mol. The van der Waals surface area contributed by atoms with Gasteiger partial charge in [0.1, 0.15) is 5.75 Å². The van der Waals surface area contributed by atoms with E-state index in [1.54, 1.807) is 20.4 Å². The maximum atomic E-state index is 12.5. The number of aliphatic imine (C=N–C) groups is 1. The van der Waals surface area contributed by atoms with Crippen LogP contribution in [-0.2, 0) is 4.79 Å². The number of para-hydroxylation sites is 2. The van der Waals surface area contributed by atoms with E-state index in [1.807, 2.05) is 18.2 Å². The molecule has 2 aliphatic rings. The number of hydrogen-bond acceptors (Lipinski definition) is 7. The number of β-amino-alcohol motifs (C(OH)–C–C–N with tert-alkyl or cyclic N) is 1. The largest absolute Gasteiger partial charge is 0.495 e. The lowest BCUT2D eigenvalue weighted by atomic mass is 9.86. The summed E-state index contributed by atoms with van der Waals surface area (Å²) in [6.07, 6.45) is 3.96. The van der Waals surface area contributed by atoms with Crippen LogP contribution in [0.3, 0.4) is 0 Å². The van der Waals surface area contributed by atoms with Crippen LogP contribution in [0.2, 0.25) is 0 Å². The number of nitrogens with two attached hydrogens (primary N) is 1. The molecule has 8 nitrogen and oxygen atoms in total. The highest BCUT2D eigenvalue weighted by Gasteiger charge is 2.25. The van der Waals surface area contributed by atoms with Crippen LogP contribution in [0.1, 0.15) is 25.7 Å². The van der Waals surface area contributed by atoms with E-state index in [0.717, 1.165) is 61.7 Å². The molecule has 4 N–H and O–H groups in total. The zero-order valence-corrected chi connectivity index (χ0v) is 19.3. The third kappa shape index (κ3) is 6.46. The van der Waals surface area contributed by atoms with Crippen molar-refractivity contribution in [2.45, 2.75) is 31.8 Å². The summed E-state index contributed by atoms with van der Waals surface area (Å²) in [6, 6.07) is 8.07. The predicted octanol–water partition coefficient (Wildman–Crippen LogP) is 1.40. The van der Waals surface area contributed by atoms with Gasteiger partial charge in [-0.15, -0.1) is 0 Å². The molecule has 1 fully saturated rings. The van der Waals surface area contributed by atoms with Crippen molar-refractivity contribution < 1.29 is 14.6 Å². The molecule has 0 aromatic heterocycles. The van der Waals surface area contributed by atoms with Gasteiger partial charge < -0.3 is 25.8 Å². The van der Waals surface area contributed by atoms with E-state index in [0.29, 0.717) is 25.9 Å². The summed E-state index contributed by atoms with van der Waals surface area (Å²) in [4.78, 5) is 21.2. The Kier molecular flexibility index (Phi) is 8.93. The minimum atomic E-state index is -0.460. The van der Waals surface area contributed by atoms with Crippen molar-refractivity contribution in [3.8, 4) is 5.75 Å². The second-order valence-electron chi connectivity index (χ2n) is 8.57. The van der Waals surface area contributed by atoms with Crippen molar-refractivity contribution >= 4 is 17.8 Å². The lowest BCUT2D eigenvalue weighted by molar-refractivity contribution is -0.125. The first kappa shape index (κ1) is 24.1. The third-order valence-corrected chi connectivity index (χ3v) is 6.34. The minimum Gasteiger partial charge on any atom is -0.495 e. The molecule has 2 atom stereocenters. The Balaban J connectivity index is 1.36. The highest BCUT2D eigenvalue weighted by molar-refractivity contribution is 5.84. The quantitative estimate of drug-likeness (QED) is 0.499. The summed E-state index contributed by atoms with van der Waals surface area (Å²) in [5, 5.41) is 13.5. The van der Waals surface area contributed by atoms with Gasteiger partial charge in [0.15, 0.2) is 0 Å². The highest BCUT2D eigenvalue weighted by atomic mass is 16.5. The number of piperazine rings is 1. The van der Waals surface area contributed by atoms with Gasteiger partial charge in [0.25, 0.3) is 0 Å².